The van der Waals surface area contributed by atoms with Gasteiger partial charge in [0.15, 0.2) is 5.11 Å². The minimum Gasteiger partial charge on any atom is -0.493 e. The quantitative estimate of drug-likeness (QED) is 0.397. The van der Waals surface area contributed by atoms with Crippen LogP contribution in [0.15, 0.2) is 72.8 Å². The Balaban J connectivity index is 1.28. The summed E-state index contributed by atoms with van der Waals surface area (Å²) in [5, 5.41) is 8.89. The van der Waals surface area contributed by atoms with Gasteiger partial charge in [-0.15, -0.1) is 0 Å². The minimum absolute atomic E-state index is 0.0450. The fourth-order valence-corrected chi connectivity index (χ4v) is 3.65. The first-order valence-electron chi connectivity index (χ1n) is 11.3. The third kappa shape index (κ3) is 6.42. The molecule has 3 aromatic carbocycles. The molecule has 0 atom stereocenters. The van der Waals surface area contributed by atoms with Gasteiger partial charge in [0.1, 0.15) is 5.75 Å². The Morgan fingerprint density at radius 3 is 2.26 bits per heavy atom. The van der Waals surface area contributed by atoms with E-state index in [0.29, 0.717) is 17.9 Å². The van der Waals surface area contributed by atoms with Crippen LogP contribution in [0, 0.1) is 12.8 Å². The molecular formula is C27H27N3O3S. The van der Waals surface area contributed by atoms with Gasteiger partial charge in [-0.25, -0.2) is 0 Å². The average Bonchev–Trinajstić information content (AvgIpc) is 3.68. The highest BCUT2D eigenvalue weighted by atomic mass is 32.1. The van der Waals surface area contributed by atoms with Gasteiger partial charge in [0.25, 0.3) is 5.91 Å². The molecule has 3 N–H and O–H groups in total. The summed E-state index contributed by atoms with van der Waals surface area (Å²) in [5.41, 5.74) is 4.00. The SMILES string of the molecule is Cc1c(NC(=O)C2CC2)cccc1NC(=S)NC(=O)c1ccc(OCCc2ccccc2)cc1. The highest BCUT2D eigenvalue weighted by Crippen LogP contribution is 2.31. The molecule has 0 bridgehead atoms. The van der Waals surface area contributed by atoms with Crippen molar-refractivity contribution in [1.82, 2.24) is 5.32 Å². The monoisotopic (exact) mass is 473 g/mol. The maximum atomic E-state index is 12.6. The van der Waals surface area contributed by atoms with Gasteiger partial charge in [-0.05, 0) is 79.5 Å². The second-order valence-corrected chi connectivity index (χ2v) is 8.67. The molecule has 0 aromatic heterocycles. The number of amides is 2. The molecule has 174 valence electrons. The van der Waals surface area contributed by atoms with Crippen molar-refractivity contribution in [2.75, 3.05) is 17.2 Å². The number of rotatable bonds is 8. The molecule has 3 aromatic rings. The first-order valence-corrected chi connectivity index (χ1v) is 11.7. The first-order chi connectivity index (χ1) is 16.5. The zero-order valence-electron chi connectivity index (χ0n) is 19.0. The van der Waals surface area contributed by atoms with Gasteiger partial charge in [0, 0.05) is 29.3 Å². The molecule has 1 saturated carbocycles. The van der Waals surface area contributed by atoms with Crippen LogP contribution >= 0.6 is 12.2 Å². The van der Waals surface area contributed by atoms with Crippen LogP contribution < -0.4 is 20.7 Å². The Morgan fingerprint density at radius 2 is 1.59 bits per heavy atom. The van der Waals surface area contributed by atoms with Crippen molar-refractivity contribution in [3.8, 4) is 5.75 Å². The van der Waals surface area contributed by atoms with Crippen molar-refractivity contribution in [3.63, 3.8) is 0 Å². The molecule has 1 aliphatic rings. The van der Waals surface area contributed by atoms with Crippen molar-refractivity contribution in [2.45, 2.75) is 26.2 Å². The van der Waals surface area contributed by atoms with E-state index < -0.39 is 0 Å². The maximum Gasteiger partial charge on any atom is 0.257 e. The zero-order valence-corrected chi connectivity index (χ0v) is 19.8. The Hall–Kier alpha value is -3.71. The smallest absolute Gasteiger partial charge is 0.257 e. The van der Waals surface area contributed by atoms with E-state index in [1.165, 1.54) is 5.56 Å². The van der Waals surface area contributed by atoms with E-state index in [1.54, 1.807) is 24.3 Å². The Bertz CT molecular complexity index is 1180. The minimum atomic E-state index is -0.316. The van der Waals surface area contributed by atoms with Crippen molar-refractivity contribution < 1.29 is 14.3 Å². The molecule has 0 radical (unpaired) electrons. The number of anilines is 2. The van der Waals surface area contributed by atoms with Crippen molar-refractivity contribution in [2.24, 2.45) is 5.92 Å². The van der Waals surface area contributed by atoms with Crippen LogP contribution in [-0.4, -0.2) is 23.5 Å². The molecule has 4 rings (SSSR count). The number of hydrogen-bond donors (Lipinski definition) is 3. The molecule has 0 unspecified atom stereocenters. The molecule has 1 fully saturated rings. The van der Waals surface area contributed by atoms with Crippen LogP contribution in [0.2, 0.25) is 0 Å². The van der Waals surface area contributed by atoms with Gasteiger partial charge >= 0.3 is 0 Å². The topological polar surface area (TPSA) is 79.5 Å². The molecule has 2 amide bonds. The second kappa shape index (κ2) is 10.9. The van der Waals surface area contributed by atoms with Gasteiger partial charge < -0.3 is 15.4 Å². The zero-order chi connectivity index (χ0) is 23.9. The number of carbonyl (C=O) groups is 2. The van der Waals surface area contributed by atoms with E-state index in [0.717, 1.165) is 36.2 Å². The van der Waals surface area contributed by atoms with Crippen LogP contribution in [0.1, 0.15) is 34.3 Å². The number of thiocarbonyl (C=S) groups is 1. The third-order valence-corrected chi connectivity index (χ3v) is 5.84. The Morgan fingerprint density at radius 1 is 0.912 bits per heavy atom. The van der Waals surface area contributed by atoms with E-state index in [1.807, 2.05) is 43.3 Å². The predicted octanol–water partition coefficient (Wildman–Crippen LogP) is 5.09. The number of benzene rings is 3. The van der Waals surface area contributed by atoms with Crippen LogP contribution in [0.25, 0.3) is 0 Å². The van der Waals surface area contributed by atoms with Crippen LogP contribution in [0.3, 0.4) is 0 Å². The van der Waals surface area contributed by atoms with Crippen LogP contribution in [0.4, 0.5) is 11.4 Å². The van der Waals surface area contributed by atoms with E-state index in [2.05, 4.69) is 28.1 Å². The molecule has 0 heterocycles. The van der Waals surface area contributed by atoms with Crippen molar-refractivity contribution in [1.29, 1.82) is 0 Å². The van der Waals surface area contributed by atoms with Gasteiger partial charge in [-0.2, -0.15) is 0 Å². The summed E-state index contributed by atoms with van der Waals surface area (Å²) in [6, 6.07) is 22.6. The summed E-state index contributed by atoms with van der Waals surface area (Å²) in [5.74, 6) is 0.554. The third-order valence-electron chi connectivity index (χ3n) is 5.63. The van der Waals surface area contributed by atoms with Gasteiger partial charge in [0.05, 0.1) is 6.61 Å². The van der Waals surface area contributed by atoms with Gasteiger partial charge in [-0.3, -0.25) is 14.9 Å². The molecule has 6 nitrogen and oxygen atoms in total. The molecule has 0 spiro atoms. The fourth-order valence-electron chi connectivity index (χ4n) is 3.45. The highest BCUT2D eigenvalue weighted by Gasteiger charge is 2.29. The Kier molecular flexibility index (Phi) is 7.54. The fraction of sp³-hybridized carbons (Fsp3) is 0.222. The molecule has 7 heteroatoms. The molecule has 34 heavy (non-hydrogen) atoms. The molecule has 0 aliphatic heterocycles. The molecule has 1 aliphatic carbocycles. The van der Waals surface area contributed by atoms with E-state index in [-0.39, 0.29) is 22.8 Å². The van der Waals surface area contributed by atoms with Crippen molar-refractivity contribution >= 4 is 40.5 Å². The summed E-state index contributed by atoms with van der Waals surface area (Å²) in [6.07, 6.45) is 2.70. The summed E-state index contributed by atoms with van der Waals surface area (Å²) >= 11 is 5.33. The predicted molar refractivity (Wildman–Crippen MR) is 138 cm³/mol. The number of ether oxygens (including phenoxy) is 1. The number of nitrogens with one attached hydrogen (secondary N) is 3. The van der Waals surface area contributed by atoms with Gasteiger partial charge in [0.2, 0.25) is 5.91 Å². The summed E-state index contributed by atoms with van der Waals surface area (Å²) < 4.78 is 5.78. The lowest BCUT2D eigenvalue weighted by molar-refractivity contribution is -0.117. The molecular weight excluding hydrogens is 446 g/mol. The van der Waals surface area contributed by atoms with Gasteiger partial charge in [-0.1, -0.05) is 36.4 Å². The summed E-state index contributed by atoms with van der Waals surface area (Å²) in [4.78, 5) is 24.7. The summed E-state index contributed by atoms with van der Waals surface area (Å²) in [6.45, 7) is 2.45. The first kappa shape index (κ1) is 23.4. The van der Waals surface area contributed by atoms with Crippen LogP contribution in [-0.2, 0) is 11.2 Å². The maximum absolute atomic E-state index is 12.6. The highest BCUT2D eigenvalue weighted by molar-refractivity contribution is 7.80. The largest absolute Gasteiger partial charge is 0.493 e. The van der Waals surface area contributed by atoms with Crippen LogP contribution in [0.5, 0.6) is 5.75 Å². The molecule has 0 saturated heterocycles. The van der Waals surface area contributed by atoms with E-state index in [9.17, 15) is 9.59 Å². The number of hydrogen-bond acceptors (Lipinski definition) is 4. The van der Waals surface area contributed by atoms with E-state index >= 15 is 0 Å². The lowest BCUT2D eigenvalue weighted by atomic mass is 10.1. The number of carbonyl (C=O) groups excluding carboxylic acids is 2. The lowest BCUT2D eigenvalue weighted by Gasteiger charge is -2.15. The standard InChI is InChI=1S/C27H27N3O3S/c1-18-23(28-25(31)20-10-11-20)8-5-9-24(18)29-27(34)30-26(32)21-12-14-22(15-13-21)33-17-16-19-6-3-2-4-7-19/h2-9,12-15,20H,10-11,16-17H2,1H3,(H,28,31)(H2,29,30,32,34). The Labute approximate surface area is 204 Å². The normalized spacial score (nSPS) is 12.5. The lowest BCUT2D eigenvalue weighted by Crippen LogP contribution is -2.34. The van der Waals surface area contributed by atoms with Crippen molar-refractivity contribution in [3.05, 3.63) is 89.5 Å². The average molecular weight is 474 g/mol. The van der Waals surface area contributed by atoms with E-state index in [4.69, 9.17) is 17.0 Å². The summed E-state index contributed by atoms with van der Waals surface area (Å²) in [7, 11) is 0. The second-order valence-electron chi connectivity index (χ2n) is 8.26.